The Balaban J connectivity index is 1.62. The van der Waals surface area contributed by atoms with Crippen molar-refractivity contribution in [2.75, 3.05) is 6.54 Å². The first-order valence-corrected chi connectivity index (χ1v) is 9.66. The van der Waals surface area contributed by atoms with Crippen molar-refractivity contribution in [1.82, 2.24) is 30.3 Å². The second-order valence-electron chi connectivity index (χ2n) is 8.56. The van der Waals surface area contributed by atoms with E-state index >= 15 is 0 Å². The molecule has 0 radical (unpaired) electrons. The number of hydrogen-bond acceptors (Lipinski definition) is 4. The Morgan fingerprint density at radius 3 is 2.74 bits per heavy atom. The first-order valence-electron chi connectivity index (χ1n) is 9.66. The average molecular weight is 364 g/mol. The zero-order valence-corrected chi connectivity index (χ0v) is 16.6. The number of nitrogens with zero attached hydrogens (tertiary/aromatic N) is 4. The molecule has 4 rings (SSSR count). The van der Waals surface area contributed by atoms with E-state index in [0.717, 1.165) is 36.5 Å². The number of aromatic amines is 2. The highest BCUT2D eigenvalue weighted by atomic mass is 15.2. The van der Waals surface area contributed by atoms with E-state index in [0.29, 0.717) is 6.04 Å². The van der Waals surface area contributed by atoms with Gasteiger partial charge < -0.3 is 0 Å². The van der Waals surface area contributed by atoms with Gasteiger partial charge in [-0.05, 0) is 44.0 Å². The molecule has 2 N–H and O–H groups in total. The van der Waals surface area contributed by atoms with Crippen LogP contribution in [0.15, 0.2) is 30.7 Å². The van der Waals surface area contributed by atoms with Gasteiger partial charge in [-0.1, -0.05) is 20.8 Å². The molecule has 1 atom stereocenters. The lowest BCUT2D eigenvalue weighted by atomic mass is 9.89. The number of pyridine rings is 1. The average Bonchev–Trinajstić information content (AvgIpc) is 3.36. The molecule has 142 valence electrons. The van der Waals surface area contributed by atoms with E-state index in [1.54, 1.807) is 0 Å². The van der Waals surface area contributed by atoms with Crippen LogP contribution in [0.4, 0.5) is 0 Å². The predicted octanol–water partition coefficient (Wildman–Crippen LogP) is 4.14. The number of hydrogen-bond donors (Lipinski definition) is 2. The van der Waals surface area contributed by atoms with Crippen LogP contribution < -0.4 is 0 Å². The third kappa shape index (κ3) is 3.67. The summed E-state index contributed by atoms with van der Waals surface area (Å²) < 4.78 is 0. The number of aryl methyl sites for hydroxylation is 1. The SMILES string of the molecule is Cc1cc(-c2cn[nH]c2)cc([C@@H]2CCCN2Cc2cn[nH]c2C(C)(C)C)n1. The molecule has 1 aliphatic heterocycles. The molecule has 0 aromatic carbocycles. The largest absolute Gasteiger partial charge is 0.290 e. The molecular weight excluding hydrogens is 336 g/mol. The Bertz CT molecular complexity index is 903. The molecule has 0 saturated carbocycles. The van der Waals surface area contributed by atoms with Gasteiger partial charge in [-0.2, -0.15) is 10.2 Å². The molecule has 6 nitrogen and oxygen atoms in total. The second-order valence-corrected chi connectivity index (χ2v) is 8.56. The summed E-state index contributed by atoms with van der Waals surface area (Å²) in [5.41, 5.74) is 7.07. The van der Waals surface area contributed by atoms with Crippen molar-refractivity contribution in [2.24, 2.45) is 0 Å². The monoisotopic (exact) mass is 364 g/mol. The molecule has 0 aliphatic carbocycles. The molecule has 27 heavy (non-hydrogen) atoms. The summed E-state index contributed by atoms with van der Waals surface area (Å²) in [6.45, 7) is 10.8. The fourth-order valence-electron chi connectivity index (χ4n) is 4.09. The molecule has 0 unspecified atom stereocenters. The highest BCUT2D eigenvalue weighted by Gasteiger charge is 2.30. The summed E-state index contributed by atoms with van der Waals surface area (Å²) in [4.78, 5) is 7.42. The summed E-state index contributed by atoms with van der Waals surface area (Å²) in [5, 5.41) is 14.5. The van der Waals surface area contributed by atoms with Crippen LogP contribution in [0.3, 0.4) is 0 Å². The Morgan fingerprint density at radius 1 is 1.15 bits per heavy atom. The molecule has 1 saturated heterocycles. The van der Waals surface area contributed by atoms with Gasteiger partial charge in [0.05, 0.1) is 24.1 Å². The minimum Gasteiger partial charge on any atom is -0.290 e. The molecule has 6 heteroatoms. The maximum absolute atomic E-state index is 4.88. The number of aromatic nitrogens is 5. The van der Waals surface area contributed by atoms with Crippen LogP contribution in [-0.2, 0) is 12.0 Å². The molecule has 0 spiro atoms. The van der Waals surface area contributed by atoms with Crippen LogP contribution in [0.5, 0.6) is 0 Å². The molecule has 0 amide bonds. The summed E-state index contributed by atoms with van der Waals surface area (Å²) in [7, 11) is 0. The Morgan fingerprint density at radius 2 is 2.00 bits per heavy atom. The van der Waals surface area contributed by atoms with Crippen molar-refractivity contribution in [1.29, 1.82) is 0 Å². The van der Waals surface area contributed by atoms with Crippen LogP contribution in [0.1, 0.15) is 62.3 Å². The first kappa shape index (κ1) is 17.9. The van der Waals surface area contributed by atoms with Crippen molar-refractivity contribution in [2.45, 2.75) is 58.5 Å². The van der Waals surface area contributed by atoms with Crippen molar-refractivity contribution < 1.29 is 0 Å². The predicted molar refractivity (Wildman–Crippen MR) is 106 cm³/mol. The zero-order valence-electron chi connectivity index (χ0n) is 16.6. The number of rotatable bonds is 4. The fourth-order valence-corrected chi connectivity index (χ4v) is 4.09. The van der Waals surface area contributed by atoms with Gasteiger partial charge in [0.2, 0.25) is 0 Å². The van der Waals surface area contributed by atoms with Crippen molar-refractivity contribution >= 4 is 0 Å². The molecule has 3 aromatic heterocycles. The van der Waals surface area contributed by atoms with E-state index in [-0.39, 0.29) is 5.41 Å². The standard InChI is InChI=1S/C21H28N6/c1-14-8-15(16-10-22-23-11-16)9-18(25-14)19-6-5-7-27(19)13-17-12-24-26-20(17)21(2,3)4/h8-12,19H,5-7,13H2,1-4H3,(H,22,23)(H,24,26)/t19-/m0/s1. The zero-order chi connectivity index (χ0) is 19.0. The number of nitrogens with one attached hydrogen (secondary N) is 2. The molecule has 1 aliphatic rings. The summed E-state index contributed by atoms with van der Waals surface area (Å²) in [6.07, 6.45) is 8.13. The first-order chi connectivity index (χ1) is 12.9. The van der Waals surface area contributed by atoms with Crippen LogP contribution in [0.2, 0.25) is 0 Å². The van der Waals surface area contributed by atoms with E-state index in [9.17, 15) is 0 Å². The maximum atomic E-state index is 4.88. The van der Waals surface area contributed by atoms with Gasteiger partial charge in [-0.15, -0.1) is 0 Å². The fraction of sp³-hybridized carbons (Fsp3) is 0.476. The van der Waals surface area contributed by atoms with Gasteiger partial charge in [-0.3, -0.25) is 20.1 Å². The van der Waals surface area contributed by atoms with Crippen LogP contribution in [0, 0.1) is 6.92 Å². The van der Waals surface area contributed by atoms with Crippen LogP contribution >= 0.6 is 0 Å². The molecule has 0 bridgehead atoms. The summed E-state index contributed by atoms with van der Waals surface area (Å²) in [6, 6.07) is 4.70. The lowest BCUT2D eigenvalue weighted by molar-refractivity contribution is 0.242. The highest BCUT2D eigenvalue weighted by Crippen LogP contribution is 2.35. The summed E-state index contributed by atoms with van der Waals surface area (Å²) in [5.74, 6) is 0. The van der Waals surface area contributed by atoms with E-state index in [1.807, 2.05) is 18.6 Å². The van der Waals surface area contributed by atoms with E-state index in [1.165, 1.54) is 23.2 Å². The van der Waals surface area contributed by atoms with Crippen molar-refractivity contribution in [3.63, 3.8) is 0 Å². The topological polar surface area (TPSA) is 73.5 Å². The van der Waals surface area contributed by atoms with Crippen LogP contribution in [-0.4, -0.2) is 36.8 Å². The van der Waals surface area contributed by atoms with E-state index < -0.39 is 0 Å². The van der Waals surface area contributed by atoms with Crippen molar-refractivity contribution in [3.05, 3.63) is 53.4 Å². The number of likely N-dealkylation sites (tertiary alicyclic amines) is 1. The van der Waals surface area contributed by atoms with Gasteiger partial charge >= 0.3 is 0 Å². The van der Waals surface area contributed by atoms with Gasteiger partial charge in [0.15, 0.2) is 0 Å². The lowest BCUT2D eigenvalue weighted by Crippen LogP contribution is -2.25. The van der Waals surface area contributed by atoms with E-state index in [4.69, 9.17) is 4.98 Å². The van der Waals surface area contributed by atoms with Gasteiger partial charge in [-0.25, -0.2) is 0 Å². The minimum absolute atomic E-state index is 0.0666. The normalized spacial score (nSPS) is 18.3. The van der Waals surface area contributed by atoms with Crippen LogP contribution in [0.25, 0.3) is 11.1 Å². The van der Waals surface area contributed by atoms with Gasteiger partial charge in [0, 0.05) is 40.7 Å². The summed E-state index contributed by atoms with van der Waals surface area (Å²) >= 11 is 0. The van der Waals surface area contributed by atoms with Crippen molar-refractivity contribution in [3.8, 4) is 11.1 Å². The quantitative estimate of drug-likeness (QED) is 0.730. The second kappa shape index (κ2) is 6.93. The molecule has 3 aromatic rings. The minimum atomic E-state index is 0.0666. The smallest absolute Gasteiger partial charge is 0.0584 e. The molecule has 4 heterocycles. The molecular formula is C21H28N6. The molecule has 1 fully saturated rings. The third-order valence-corrected chi connectivity index (χ3v) is 5.35. The lowest BCUT2D eigenvalue weighted by Gasteiger charge is -2.26. The highest BCUT2D eigenvalue weighted by molar-refractivity contribution is 5.62. The number of H-pyrrole nitrogens is 2. The Labute approximate surface area is 160 Å². The Hall–Kier alpha value is -2.47. The van der Waals surface area contributed by atoms with Gasteiger partial charge in [0.25, 0.3) is 0 Å². The van der Waals surface area contributed by atoms with Gasteiger partial charge in [0.1, 0.15) is 0 Å². The Kier molecular flexibility index (Phi) is 4.60. The maximum Gasteiger partial charge on any atom is 0.0584 e. The van der Waals surface area contributed by atoms with E-state index in [2.05, 4.69) is 65.1 Å². The third-order valence-electron chi connectivity index (χ3n) is 5.35.